The van der Waals surface area contributed by atoms with E-state index in [1.807, 2.05) is 0 Å². The molecule has 3 rings (SSSR count). The molecule has 38 heavy (non-hydrogen) atoms. The number of epoxide rings is 2. The van der Waals surface area contributed by atoms with Crippen LogP contribution in [0.15, 0.2) is 0 Å². The van der Waals surface area contributed by atoms with Gasteiger partial charge in [0.05, 0.1) is 32.3 Å². The van der Waals surface area contributed by atoms with Gasteiger partial charge in [0.1, 0.15) is 29.5 Å². The molecule has 3 N–H and O–H groups in total. The van der Waals surface area contributed by atoms with E-state index in [-0.39, 0.29) is 41.8 Å². The number of unbranched alkanes of at least 4 members (excludes halogenated alkanes) is 1. The first-order chi connectivity index (χ1) is 18.1. The summed E-state index contributed by atoms with van der Waals surface area (Å²) in [5.74, 6) is -0.0903. The summed E-state index contributed by atoms with van der Waals surface area (Å²) in [6, 6.07) is -0.844. The molecule has 0 radical (unpaired) electrons. The third kappa shape index (κ3) is 7.58. The summed E-state index contributed by atoms with van der Waals surface area (Å²) < 4.78 is 28.9. The van der Waals surface area contributed by atoms with Crippen LogP contribution in [-0.2, 0) is 33.3 Å². The molecule has 2 saturated heterocycles. The molecule has 0 bridgehead atoms. The maximum atomic E-state index is 12.9. The molecule has 2 amide bonds. The average molecular weight is 542 g/mol. The van der Waals surface area contributed by atoms with Gasteiger partial charge in [-0.05, 0) is 64.8 Å². The number of hydrogen-bond acceptors (Lipinski definition) is 9. The number of amides is 2. The van der Waals surface area contributed by atoms with Crippen molar-refractivity contribution in [2.24, 2.45) is 11.8 Å². The number of esters is 1. The van der Waals surface area contributed by atoms with Gasteiger partial charge < -0.3 is 39.6 Å². The fourth-order valence-corrected chi connectivity index (χ4v) is 5.90. The molecule has 1 aliphatic carbocycles. The van der Waals surface area contributed by atoms with E-state index in [0.29, 0.717) is 44.8 Å². The Labute approximate surface area is 226 Å². The number of carbonyl (C=O) groups excluding carboxylic acids is 3. The number of methoxy groups -OCH3 is 2. The molecule has 1 saturated carbocycles. The summed E-state index contributed by atoms with van der Waals surface area (Å²) in [5, 5.41) is 8.26. The molecule has 0 aromatic carbocycles. The van der Waals surface area contributed by atoms with Crippen LogP contribution in [0.5, 0.6) is 0 Å². The zero-order valence-corrected chi connectivity index (χ0v) is 23.8. The lowest BCUT2D eigenvalue weighted by Crippen LogP contribution is -2.56. The van der Waals surface area contributed by atoms with E-state index in [1.165, 1.54) is 7.11 Å². The van der Waals surface area contributed by atoms with Crippen LogP contribution in [0.1, 0.15) is 65.7 Å². The highest BCUT2D eigenvalue weighted by molar-refractivity contribution is 5.81. The van der Waals surface area contributed by atoms with Gasteiger partial charge in [-0.3, -0.25) is 4.79 Å². The van der Waals surface area contributed by atoms with E-state index in [4.69, 9.17) is 23.7 Å². The summed E-state index contributed by atoms with van der Waals surface area (Å²) in [5.41, 5.74) is -0.683. The van der Waals surface area contributed by atoms with Crippen LogP contribution in [0, 0.1) is 11.8 Å². The quantitative estimate of drug-likeness (QED) is 0.161. The molecule has 11 nitrogen and oxygen atoms in total. The summed E-state index contributed by atoms with van der Waals surface area (Å²) in [6.45, 7) is 7.93. The van der Waals surface area contributed by atoms with Crippen molar-refractivity contribution >= 4 is 18.0 Å². The van der Waals surface area contributed by atoms with Gasteiger partial charge in [-0.25, -0.2) is 9.59 Å². The number of nitrogens with one attached hydrogen (secondary N) is 3. The van der Waals surface area contributed by atoms with Crippen LogP contribution in [0.4, 0.5) is 4.79 Å². The fraction of sp³-hybridized carbons (Fsp3) is 0.889. The van der Waals surface area contributed by atoms with Crippen LogP contribution in [0.25, 0.3) is 0 Å². The van der Waals surface area contributed by atoms with Crippen LogP contribution >= 0.6 is 0 Å². The van der Waals surface area contributed by atoms with Crippen LogP contribution in [0.3, 0.4) is 0 Å². The highest BCUT2D eigenvalue weighted by Crippen LogP contribution is 2.59. The van der Waals surface area contributed by atoms with Crippen molar-refractivity contribution < 1.29 is 38.1 Å². The van der Waals surface area contributed by atoms with Crippen LogP contribution < -0.4 is 16.0 Å². The van der Waals surface area contributed by atoms with Crippen molar-refractivity contribution in [2.45, 2.75) is 101 Å². The summed E-state index contributed by atoms with van der Waals surface area (Å²) in [4.78, 5) is 36.8. The first kappa shape index (κ1) is 30.6. The summed E-state index contributed by atoms with van der Waals surface area (Å²) >= 11 is 0. The Morgan fingerprint density at radius 3 is 2.47 bits per heavy atom. The Balaban J connectivity index is 1.55. The molecular formula is C27H47N3O8. The molecule has 11 heteroatoms. The van der Waals surface area contributed by atoms with Crippen molar-refractivity contribution in [1.29, 1.82) is 0 Å². The third-order valence-corrected chi connectivity index (χ3v) is 8.12. The molecule has 5 unspecified atom stereocenters. The molecule has 1 spiro atoms. The molecule has 3 fully saturated rings. The number of carbonyl (C=O) groups is 3. The van der Waals surface area contributed by atoms with Crippen LogP contribution in [-0.4, -0.2) is 94.5 Å². The summed E-state index contributed by atoms with van der Waals surface area (Å²) in [6.07, 6.45) is 3.62. The molecule has 0 aromatic rings. The Kier molecular flexibility index (Phi) is 10.8. The Bertz CT molecular complexity index is 820. The standard InChI is InChI=1S/C27H47N3O8/c1-17(2)10-11-20-26(3,38-20)23-22(34-5)19(12-13-27(23)16-36-27)37-25(33)30-18(24(32)35-6)9-7-8-14-29-21(31)15-28-4/h17-20,22-23,28H,7-16H2,1-6H3,(H,29,31)(H,30,33)/t18?,19?,20-,22?,23?,26?,27+/m1/s1. The number of rotatable bonds is 15. The Morgan fingerprint density at radius 2 is 1.87 bits per heavy atom. The predicted octanol–water partition coefficient (Wildman–Crippen LogP) is 1.92. The van der Waals surface area contributed by atoms with E-state index in [9.17, 15) is 14.4 Å². The number of likely N-dealkylation sites (N-methyl/N-ethyl adjacent to an activating group) is 1. The second-order valence-electron chi connectivity index (χ2n) is 11.4. The van der Waals surface area contributed by atoms with Crippen molar-refractivity contribution in [3.05, 3.63) is 0 Å². The Morgan fingerprint density at radius 1 is 1.13 bits per heavy atom. The SMILES string of the molecule is CNCC(=O)NCCCCC(NC(=O)OC1CC[C@]2(CO2)C(C2(C)O[C@@H]2CCC(C)C)C1OC)C(=O)OC. The normalized spacial score (nSPS) is 32.5. The van der Waals surface area contributed by atoms with E-state index in [2.05, 4.69) is 36.7 Å². The van der Waals surface area contributed by atoms with Gasteiger partial charge in [0.2, 0.25) is 5.91 Å². The molecule has 0 aromatic heterocycles. The topological polar surface area (TPSA) is 140 Å². The first-order valence-electron chi connectivity index (χ1n) is 13.9. The minimum absolute atomic E-state index is 0.0572. The smallest absolute Gasteiger partial charge is 0.408 e. The lowest BCUT2D eigenvalue weighted by Gasteiger charge is -2.42. The lowest BCUT2D eigenvalue weighted by molar-refractivity contribution is -0.143. The maximum absolute atomic E-state index is 12.9. The van der Waals surface area contributed by atoms with Crippen molar-refractivity contribution in [2.75, 3.05) is 41.0 Å². The van der Waals surface area contributed by atoms with Crippen molar-refractivity contribution in [3.63, 3.8) is 0 Å². The van der Waals surface area contributed by atoms with Crippen molar-refractivity contribution in [3.8, 4) is 0 Å². The molecular weight excluding hydrogens is 494 g/mol. The monoisotopic (exact) mass is 541 g/mol. The second kappa shape index (κ2) is 13.4. The third-order valence-electron chi connectivity index (χ3n) is 8.12. The minimum atomic E-state index is -0.844. The molecule has 7 atom stereocenters. The van der Waals surface area contributed by atoms with Crippen LogP contribution in [0.2, 0.25) is 0 Å². The fourth-order valence-electron chi connectivity index (χ4n) is 5.90. The zero-order chi connectivity index (χ0) is 27.9. The first-order valence-corrected chi connectivity index (χ1v) is 13.9. The molecule has 2 heterocycles. The van der Waals surface area contributed by atoms with Gasteiger partial charge in [0, 0.05) is 13.7 Å². The van der Waals surface area contributed by atoms with E-state index >= 15 is 0 Å². The number of alkyl carbamates (subject to hydrolysis) is 1. The molecule has 2 aliphatic heterocycles. The van der Waals surface area contributed by atoms with Gasteiger partial charge in [-0.15, -0.1) is 0 Å². The lowest BCUT2D eigenvalue weighted by atomic mass is 9.68. The van der Waals surface area contributed by atoms with Gasteiger partial charge in [-0.2, -0.15) is 0 Å². The van der Waals surface area contributed by atoms with Gasteiger partial charge in [-0.1, -0.05) is 13.8 Å². The highest BCUT2D eigenvalue weighted by Gasteiger charge is 2.72. The zero-order valence-electron chi connectivity index (χ0n) is 23.8. The van der Waals surface area contributed by atoms with E-state index < -0.39 is 24.2 Å². The Hall–Kier alpha value is -1.95. The van der Waals surface area contributed by atoms with E-state index in [0.717, 1.165) is 19.3 Å². The second-order valence-corrected chi connectivity index (χ2v) is 11.4. The van der Waals surface area contributed by atoms with E-state index in [1.54, 1.807) is 14.2 Å². The largest absolute Gasteiger partial charge is 0.467 e. The molecule has 218 valence electrons. The highest BCUT2D eigenvalue weighted by atomic mass is 16.6. The predicted molar refractivity (Wildman–Crippen MR) is 140 cm³/mol. The van der Waals surface area contributed by atoms with Gasteiger partial charge >= 0.3 is 12.1 Å². The number of ether oxygens (including phenoxy) is 5. The van der Waals surface area contributed by atoms with Crippen molar-refractivity contribution in [1.82, 2.24) is 16.0 Å². The minimum Gasteiger partial charge on any atom is -0.467 e. The van der Waals surface area contributed by atoms with Gasteiger partial charge in [0.25, 0.3) is 0 Å². The van der Waals surface area contributed by atoms with Gasteiger partial charge in [0.15, 0.2) is 0 Å². The summed E-state index contributed by atoms with van der Waals surface area (Å²) in [7, 11) is 4.62. The maximum Gasteiger partial charge on any atom is 0.408 e. The average Bonchev–Trinajstić information content (AvgIpc) is 3.79. The number of hydrogen-bond donors (Lipinski definition) is 3. The molecule has 3 aliphatic rings.